The highest BCUT2D eigenvalue weighted by molar-refractivity contribution is 5.75. The van der Waals surface area contributed by atoms with Gasteiger partial charge in [0.15, 0.2) is 0 Å². The summed E-state index contributed by atoms with van der Waals surface area (Å²) in [7, 11) is 0. The summed E-state index contributed by atoms with van der Waals surface area (Å²) in [4.78, 5) is 10.8. The molecular weight excluding hydrogens is 130 g/mol. The van der Waals surface area contributed by atoms with Crippen molar-refractivity contribution in [2.24, 2.45) is 0 Å². The number of rotatable bonds is 4. The molecule has 0 saturated carbocycles. The quantitative estimate of drug-likeness (QED) is 0.587. The van der Waals surface area contributed by atoms with Gasteiger partial charge in [0.1, 0.15) is 6.04 Å². The van der Waals surface area contributed by atoms with Crippen LogP contribution >= 0.6 is 0 Å². The lowest BCUT2D eigenvalue weighted by molar-refractivity contribution is -0.145. The molecule has 0 fully saturated rings. The lowest BCUT2D eigenvalue weighted by atomic mass is 10.3. The summed E-state index contributed by atoms with van der Waals surface area (Å²) < 4.78 is 4.75. The number of carbonyl (C=O) groups is 1. The average molecular weight is 145 g/mol. The van der Waals surface area contributed by atoms with Gasteiger partial charge in [0.05, 0.1) is 6.61 Å². The Morgan fingerprint density at radius 3 is 2.60 bits per heavy atom. The Balaban J connectivity index is 3.49. The normalized spacial score (nSPS) is 12.7. The van der Waals surface area contributed by atoms with Gasteiger partial charge in [-0.25, -0.2) is 0 Å². The number of hydrogen-bond acceptors (Lipinski definition) is 3. The first-order chi connectivity index (χ1) is 4.72. The van der Waals surface area contributed by atoms with E-state index in [0.29, 0.717) is 6.61 Å². The summed E-state index contributed by atoms with van der Waals surface area (Å²) in [5.41, 5.74) is 0. The maximum Gasteiger partial charge on any atom is 0.322 e. The Morgan fingerprint density at radius 1 is 1.60 bits per heavy atom. The highest BCUT2D eigenvalue weighted by Gasteiger charge is 2.10. The van der Waals surface area contributed by atoms with Crippen molar-refractivity contribution in [2.75, 3.05) is 13.2 Å². The second-order valence-corrected chi connectivity index (χ2v) is 2.03. The van der Waals surface area contributed by atoms with E-state index in [0.717, 1.165) is 6.54 Å². The minimum Gasteiger partial charge on any atom is -0.465 e. The molecule has 0 bridgehead atoms. The molecular formula is C7H15NO2. The summed E-state index contributed by atoms with van der Waals surface area (Å²) in [5, 5.41) is 2.96. The fourth-order valence-corrected chi connectivity index (χ4v) is 0.657. The first-order valence-electron chi connectivity index (χ1n) is 3.62. The highest BCUT2D eigenvalue weighted by Crippen LogP contribution is 1.85. The van der Waals surface area contributed by atoms with Crippen LogP contribution in [0, 0.1) is 0 Å². The second-order valence-electron chi connectivity index (χ2n) is 2.03. The smallest absolute Gasteiger partial charge is 0.322 e. The lowest BCUT2D eigenvalue weighted by Crippen LogP contribution is -2.35. The van der Waals surface area contributed by atoms with Gasteiger partial charge >= 0.3 is 5.97 Å². The maximum absolute atomic E-state index is 10.8. The number of carbonyl (C=O) groups excluding carboxylic acids is 1. The molecule has 0 amide bonds. The average Bonchev–Trinajstić information content (AvgIpc) is 1.89. The van der Waals surface area contributed by atoms with Crippen molar-refractivity contribution in [1.82, 2.24) is 5.32 Å². The maximum atomic E-state index is 10.8. The number of esters is 1. The van der Waals surface area contributed by atoms with E-state index in [1.165, 1.54) is 0 Å². The Hall–Kier alpha value is -0.570. The molecule has 0 heterocycles. The number of nitrogens with one attached hydrogen (secondary N) is 1. The van der Waals surface area contributed by atoms with Crippen LogP contribution < -0.4 is 5.32 Å². The van der Waals surface area contributed by atoms with Crippen molar-refractivity contribution in [3.8, 4) is 0 Å². The SMILES string of the molecule is CCNC(C)C(=O)OCC. The first-order valence-corrected chi connectivity index (χ1v) is 3.62. The van der Waals surface area contributed by atoms with Gasteiger partial charge in [0.25, 0.3) is 0 Å². The van der Waals surface area contributed by atoms with Crippen LogP contribution in [0.5, 0.6) is 0 Å². The largest absolute Gasteiger partial charge is 0.465 e. The molecule has 0 aromatic rings. The van der Waals surface area contributed by atoms with E-state index in [1.807, 2.05) is 6.92 Å². The van der Waals surface area contributed by atoms with Gasteiger partial charge in [0.2, 0.25) is 0 Å². The van der Waals surface area contributed by atoms with E-state index in [1.54, 1.807) is 13.8 Å². The van der Waals surface area contributed by atoms with Crippen LogP contribution in [-0.4, -0.2) is 25.2 Å². The van der Waals surface area contributed by atoms with E-state index in [2.05, 4.69) is 5.32 Å². The molecule has 1 unspecified atom stereocenters. The molecule has 0 aromatic heterocycles. The summed E-state index contributed by atoms with van der Waals surface area (Å²) in [6.45, 7) is 6.79. The molecule has 0 aliphatic rings. The molecule has 0 radical (unpaired) electrons. The van der Waals surface area contributed by atoms with E-state index in [4.69, 9.17) is 4.74 Å². The summed E-state index contributed by atoms with van der Waals surface area (Å²) in [6, 6.07) is -0.176. The monoisotopic (exact) mass is 145 g/mol. The van der Waals surface area contributed by atoms with Crippen molar-refractivity contribution in [1.29, 1.82) is 0 Å². The minimum atomic E-state index is -0.177. The van der Waals surface area contributed by atoms with Crippen LogP contribution in [0.2, 0.25) is 0 Å². The summed E-state index contributed by atoms with van der Waals surface area (Å²) in [6.07, 6.45) is 0. The van der Waals surface area contributed by atoms with E-state index >= 15 is 0 Å². The number of hydrogen-bond donors (Lipinski definition) is 1. The molecule has 60 valence electrons. The molecule has 0 rings (SSSR count). The molecule has 10 heavy (non-hydrogen) atoms. The molecule has 0 aliphatic heterocycles. The Bertz CT molecular complexity index is 104. The predicted octanol–water partition coefficient (Wildman–Crippen LogP) is 0.547. The van der Waals surface area contributed by atoms with E-state index in [9.17, 15) is 4.79 Å². The highest BCUT2D eigenvalue weighted by atomic mass is 16.5. The van der Waals surface area contributed by atoms with Gasteiger partial charge in [-0.3, -0.25) is 4.79 Å². The van der Waals surface area contributed by atoms with Crippen molar-refractivity contribution < 1.29 is 9.53 Å². The minimum absolute atomic E-state index is 0.176. The third-order valence-electron chi connectivity index (χ3n) is 1.15. The molecule has 0 spiro atoms. The van der Waals surface area contributed by atoms with Gasteiger partial charge in [-0.15, -0.1) is 0 Å². The van der Waals surface area contributed by atoms with Gasteiger partial charge < -0.3 is 10.1 Å². The van der Waals surface area contributed by atoms with Crippen molar-refractivity contribution in [2.45, 2.75) is 26.8 Å². The van der Waals surface area contributed by atoms with E-state index < -0.39 is 0 Å². The van der Waals surface area contributed by atoms with Crippen LogP contribution in [0.1, 0.15) is 20.8 Å². The molecule has 0 aromatic carbocycles. The number of ether oxygens (including phenoxy) is 1. The molecule has 1 N–H and O–H groups in total. The molecule has 0 saturated heterocycles. The van der Waals surface area contributed by atoms with Crippen LogP contribution in [0.15, 0.2) is 0 Å². The Morgan fingerprint density at radius 2 is 2.20 bits per heavy atom. The second kappa shape index (κ2) is 5.23. The van der Waals surface area contributed by atoms with Crippen LogP contribution in [0.3, 0.4) is 0 Å². The number of likely N-dealkylation sites (N-methyl/N-ethyl adjacent to an activating group) is 1. The van der Waals surface area contributed by atoms with Gasteiger partial charge in [-0.2, -0.15) is 0 Å². The third-order valence-corrected chi connectivity index (χ3v) is 1.15. The van der Waals surface area contributed by atoms with Crippen LogP contribution in [0.25, 0.3) is 0 Å². The topological polar surface area (TPSA) is 38.3 Å². The van der Waals surface area contributed by atoms with Crippen LogP contribution in [0.4, 0.5) is 0 Å². The third kappa shape index (κ3) is 3.45. The summed E-state index contributed by atoms with van der Waals surface area (Å²) in [5.74, 6) is -0.177. The first kappa shape index (κ1) is 9.43. The van der Waals surface area contributed by atoms with E-state index in [-0.39, 0.29) is 12.0 Å². The predicted molar refractivity (Wildman–Crippen MR) is 39.8 cm³/mol. The molecule has 3 heteroatoms. The Kier molecular flexibility index (Phi) is 4.94. The lowest BCUT2D eigenvalue weighted by Gasteiger charge is -2.09. The molecule has 0 aliphatic carbocycles. The molecule has 1 atom stereocenters. The zero-order chi connectivity index (χ0) is 7.98. The van der Waals surface area contributed by atoms with Crippen LogP contribution in [-0.2, 0) is 9.53 Å². The standard InChI is InChI=1S/C7H15NO2/c1-4-8-6(3)7(9)10-5-2/h6,8H,4-5H2,1-3H3. The zero-order valence-electron chi connectivity index (χ0n) is 6.81. The van der Waals surface area contributed by atoms with Crippen molar-refractivity contribution in [3.05, 3.63) is 0 Å². The van der Waals surface area contributed by atoms with Crippen molar-refractivity contribution in [3.63, 3.8) is 0 Å². The summed E-state index contributed by atoms with van der Waals surface area (Å²) >= 11 is 0. The zero-order valence-corrected chi connectivity index (χ0v) is 6.81. The Labute approximate surface area is 61.8 Å². The molecule has 3 nitrogen and oxygen atoms in total. The van der Waals surface area contributed by atoms with Crippen molar-refractivity contribution >= 4 is 5.97 Å². The van der Waals surface area contributed by atoms with Gasteiger partial charge in [-0.05, 0) is 20.4 Å². The van der Waals surface area contributed by atoms with Gasteiger partial charge in [-0.1, -0.05) is 6.92 Å². The van der Waals surface area contributed by atoms with Gasteiger partial charge in [0, 0.05) is 0 Å². The fourth-order valence-electron chi connectivity index (χ4n) is 0.657. The fraction of sp³-hybridized carbons (Fsp3) is 0.857.